The maximum absolute atomic E-state index is 14.3. The minimum Gasteiger partial charge on any atom is -0.358 e. The minimum atomic E-state index is -4.73. The molecule has 1 N–H and O–H groups in total. The van der Waals surface area contributed by atoms with Gasteiger partial charge in [-0.1, -0.05) is 11.6 Å². The van der Waals surface area contributed by atoms with Crippen LogP contribution in [0, 0.1) is 17.5 Å². The molecule has 12 heteroatoms. The second kappa shape index (κ2) is 8.29. The molecule has 1 aliphatic rings. The Morgan fingerprint density at radius 2 is 1.73 bits per heavy atom. The van der Waals surface area contributed by atoms with Gasteiger partial charge in [-0.2, -0.15) is 23.1 Å². The summed E-state index contributed by atoms with van der Waals surface area (Å²) in [7, 11) is 0. The normalized spacial score (nSPS) is 16.0. The van der Waals surface area contributed by atoms with E-state index >= 15 is 0 Å². The Balaban J connectivity index is 2.19. The lowest BCUT2D eigenvalue weighted by atomic mass is 10.1. The van der Waals surface area contributed by atoms with E-state index in [0.29, 0.717) is 25.0 Å². The number of hydrogen-bond donors (Lipinski definition) is 1. The molecule has 2 heterocycles. The van der Waals surface area contributed by atoms with Crippen LogP contribution in [0.3, 0.4) is 0 Å². The van der Waals surface area contributed by atoms with Crippen molar-refractivity contribution in [3.8, 4) is 11.1 Å². The summed E-state index contributed by atoms with van der Waals surface area (Å²) >= 11 is 6.08. The highest BCUT2D eigenvalue weighted by atomic mass is 35.5. The predicted molar refractivity (Wildman–Crippen MR) is 97.7 cm³/mol. The van der Waals surface area contributed by atoms with E-state index in [9.17, 15) is 31.1 Å². The van der Waals surface area contributed by atoms with Crippen molar-refractivity contribution in [2.24, 2.45) is 0 Å². The zero-order valence-electron chi connectivity index (χ0n) is 15.5. The lowest BCUT2D eigenvalue weighted by molar-refractivity contribution is -0.138. The molecule has 0 radical (unpaired) electrons. The second-order valence-corrected chi connectivity index (χ2v) is 7.05. The summed E-state index contributed by atoms with van der Waals surface area (Å²) in [5, 5.41) is 1.43. The van der Waals surface area contributed by atoms with E-state index in [1.54, 1.807) is 0 Å². The van der Waals surface area contributed by atoms with Gasteiger partial charge in [-0.15, -0.1) is 0 Å². The molecule has 1 aromatic heterocycles. The third-order valence-electron chi connectivity index (χ3n) is 4.52. The highest BCUT2D eigenvalue weighted by molar-refractivity contribution is 6.33. The van der Waals surface area contributed by atoms with Gasteiger partial charge in [-0.05, 0) is 19.8 Å². The second-order valence-electron chi connectivity index (χ2n) is 6.69. The summed E-state index contributed by atoms with van der Waals surface area (Å²) < 4.78 is 81.3. The highest BCUT2D eigenvalue weighted by Gasteiger charge is 2.37. The Morgan fingerprint density at radius 1 is 1.10 bits per heavy atom. The van der Waals surface area contributed by atoms with Crippen LogP contribution in [-0.2, 0) is 4.79 Å². The smallest absolute Gasteiger partial charge is 0.358 e. The minimum absolute atomic E-state index is 0.186. The first kappa shape index (κ1) is 22.1. The molecular formula is C18H15ClF6N4O. The molecule has 0 bridgehead atoms. The standard InChI is InChI=1S/C18H15ClF6N4O/c1-8(18(23,24)25)26-16-14(13-10(21)6-9(20)7-11(13)22)15(19)27-17(28-16)29-5-3-2-4-12(29)30/h6-8H,2-5H2,1H3,(H,26,27,28)/t8-/m0/s1. The fourth-order valence-corrected chi connectivity index (χ4v) is 3.21. The highest BCUT2D eigenvalue weighted by Crippen LogP contribution is 2.39. The van der Waals surface area contributed by atoms with Crippen LogP contribution in [0.1, 0.15) is 26.2 Å². The molecule has 5 nitrogen and oxygen atoms in total. The molecule has 0 unspecified atom stereocenters. The predicted octanol–water partition coefficient (Wildman–Crippen LogP) is 5.09. The average Bonchev–Trinajstić information content (AvgIpc) is 2.62. The Morgan fingerprint density at radius 3 is 2.30 bits per heavy atom. The first-order valence-corrected chi connectivity index (χ1v) is 9.23. The van der Waals surface area contributed by atoms with Gasteiger partial charge in [0.25, 0.3) is 0 Å². The van der Waals surface area contributed by atoms with E-state index in [1.165, 1.54) is 0 Å². The van der Waals surface area contributed by atoms with Gasteiger partial charge in [0.05, 0.1) is 11.1 Å². The Bertz CT molecular complexity index is 961. The first-order valence-electron chi connectivity index (χ1n) is 8.85. The lowest BCUT2D eigenvalue weighted by Gasteiger charge is -2.27. The number of benzene rings is 1. The van der Waals surface area contributed by atoms with E-state index in [4.69, 9.17) is 11.6 Å². The van der Waals surface area contributed by atoms with Gasteiger partial charge >= 0.3 is 6.18 Å². The molecule has 1 atom stereocenters. The Kier molecular flexibility index (Phi) is 6.11. The van der Waals surface area contributed by atoms with Crippen LogP contribution in [0.4, 0.5) is 38.1 Å². The summed E-state index contributed by atoms with van der Waals surface area (Å²) in [6, 6.07) is -1.47. The quantitative estimate of drug-likeness (QED) is 0.518. The lowest BCUT2D eigenvalue weighted by Crippen LogP contribution is -2.37. The number of piperidine rings is 1. The van der Waals surface area contributed by atoms with Crippen LogP contribution in [0.25, 0.3) is 11.1 Å². The first-order chi connectivity index (χ1) is 14.0. The average molecular weight is 453 g/mol. The number of aromatic nitrogens is 2. The molecular weight excluding hydrogens is 438 g/mol. The van der Waals surface area contributed by atoms with Crippen molar-refractivity contribution >= 4 is 29.3 Å². The number of amides is 1. The van der Waals surface area contributed by atoms with Crippen LogP contribution in [0.5, 0.6) is 0 Å². The number of rotatable bonds is 4. The third kappa shape index (κ3) is 4.45. The van der Waals surface area contributed by atoms with Gasteiger partial charge in [-0.3, -0.25) is 9.69 Å². The van der Waals surface area contributed by atoms with Crippen molar-refractivity contribution in [2.45, 2.75) is 38.4 Å². The number of hydrogen-bond acceptors (Lipinski definition) is 4. The zero-order valence-corrected chi connectivity index (χ0v) is 16.2. The van der Waals surface area contributed by atoms with Crippen molar-refractivity contribution in [2.75, 3.05) is 16.8 Å². The summed E-state index contributed by atoms with van der Waals surface area (Å²) in [5.74, 6) is -5.32. The maximum Gasteiger partial charge on any atom is 0.408 e. The Hall–Kier alpha value is -2.56. The van der Waals surface area contributed by atoms with Crippen LogP contribution in [0.15, 0.2) is 12.1 Å². The number of alkyl halides is 3. The van der Waals surface area contributed by atoms with E-state index in [-0.39, 0.29) is 24.8 Å². The molecule has 1 amide bonds. The van der Waals surface area contributed by atoms with E-state index in [1.807, 2.05) is 5.32 Å². The zero-order chi connectivity index (χ0) is 22.2. The van der Waals surface area contributed by atoms with Crippen molar-refractivity contribution in [3.05, 3.63) is 34.7 Å². The number of carbonyl (C=O) groups is 1. The summed E-state index contributed by atoms with van der Waals surface area (Å²) in [4.78, 5) is 21.1. The van der Waals surface area contributed by atoms with Gasteiger partial charge in [0, 0.05) is 25.1 Å². The van der Waals surface area contributed by atoms with Crippen LogP contribution < -0.4 is 10.2 Å². The van der Waals surface area contributed by atoms with Crippen LogP contribution >= 0.6 is 11.6 Å². The topological polar surface area (TPSA) is 58.1 Å². The summed E-state index contributed by atoms with van der Waals surface area (Å²) in [6.45, 7) is 0.977. The monoisotopic (exact) mass is 452 g/mol. The van der Waals surface area contributed by atoms with Crippen molar-refractivity contribution < 1.29 is 31.1 Å². The third-order valence-corrected chi connectivity index (χ3v) is 4.79. The van der Waals surface area contributed by atoms with Gasteiger partial charge in [0.15, 0.2) is 0 Å². The van der Waals surface area contributed by atoms with E-state index in [2.05, 4.69) is 9.97 Å². The molecule has 0 aliphatic carbocycles. The molecule has 3 rings (SSSR count). The molecule has 1 aromatic carbocycles. The maximum atomic E-state index is 14.3. The number of nitrogens with zero attached hydrogens (tertiary/aromatic N) is 3. The van der Waals surface area contributed by atoms with Gasteiger partial charge in [-0.25, -0.2) is 13.2 Å². The Labute approximate surface area is 172 Å². The SMILES string of the molecule is C[C@H](Nc1nc(N2CCCCC2=O)nc(Cl)c1-c1c(F)cc(F)cc1F)C(F)(F)F. The molecule has 1 aliphatic heterocycles. The fraction of sp³-hybridized carbons (Fsp3) is 0.389. The molecule has 0 saturated carbocycles. The van der Waals surface area contributed by atoms with E-state index < -0.39 is 51.8 Å². The molecule has 1 saturated heterocycles. The number of halogens is 7. The van der Waals surface area contributed by atoms with Crippen molar-refractivity contribution in [1.82, 2.24) is 9.97 Å². The number of nitrogens with one attached hydrogen (secondary N) is 1. The fourth-order valence-electron chi connectivity index (χ4n) is 2.95. The molecule has 1 fully saturated rings. The van der Waals surface area contributed by atoms with Crippen LogP contribution in [-0.4, -0.2) is 34.6 Å². The van der Waals surface area contributed by atoms with Gasteiger partial charge in [0.2, 0.25) is 11.9 Å². The van der Waals surface area contributed by atoms with E-state index in [0.717, 1.165) is 11.8 Å². The number of carbonyl (C=O) groups excluding carboxylic acids is 1. The summed E-state index contributed by atoms with van der Waals surface area (Å²) in [5.41, 5.74) is -1.51. The number of anilines is 2. The molecule has 0 spiro atoms. The van der Waals surface area contributed by atoms with Gasteiger partial charge < -0.3 is 5.32 Å². The largest absolute Gasteiger partial charge is 0.408 e. The molecule has 2 aromatic rings. The van der Waals surface area contributed by atoms with Crippen molar-refractivity contribution in [3.63, 3.8) is 0 Å². The summed E-state index contributed by atoms with van der Waals surface area (Å²) in [6.07, 6.45) is -3.30. The van der Waals surface area contributed by atoms with Crippen molar-refractivity contribution in [1.29, 1.82) is 0 Å². The molecule has 162 valence electrons. The molecule has 30 heavy (non-hydrogen) atoms. The van der Waals surface area contributed by atoms with Gasteiger partial charge in [0.1, 0.15) is 34.5 Å². The van der Waals surface area contributed by atoms with Crippen LogP contribution in [0.2, 0.25) is 5.15 Å².